The second-order valence-electron chi connectivity index (χ2n) is 10.5. The maximum absolute atomic E-state index is 8.36. The van der Waals surface area contributed by atoms with E-state index in [0.717, 1.165) is 35.0 Å². The summed E-state index contributed by atoms with van der Waals surface area (Å²) in [6, 6.07) is 0. The number of carbonyl (C=O) groups is 1. The van der Waals surface area contributed by atoms with Crippen LogP contribution in [-0.2, 0) is 4.79 Å². The zero-order valence-electron chi connectivity index (χ0n) is 17.5. The smallest absolute Gasteiger partial charge is 0.290 e. The van der Waals surface area contributed by atoms with Crippen LogP contribution < -0.4 is 0 Å². The molecule has 1 N–H and O–H groups in total. The largest absolute Gasteiger partial charge is 0.483 e. The molecule has 0 spiro atoms. The molecule has 0 heterocycles. The molecule has 0 aliphatic heterocycles. The summed E-state index contributed by atoms with van der Waals surface area (Å²) in [6.07, 6.45) is 20.0. The highest BCUT2D eigenvalue weighted by Crippen LogP contribution is 2.67. The summed E-state index contributed by atoms with van der Waals surface area (Å²) in [4.78, 5) is 8.36. The van der Waals surface area contributed by atoms with Gasteiger partial charge in [0.25, 0.3) is 6.47 Å². The van der Waals surface area contributed by atoms with Gasteiger partial charge in [-0.15, -0.1) is 0 Å². The van der Waals surface area contributed by atoms with Crippen molar-refractivity contribution in [1.29, 1.82) is 0 Å². The van der Waals surface area contributed by atoms with Gasteiger partial charge in [0.15, 0.2) is 0 Å². The van der Waals surface area contributed by atoms with E-state index in [-0.39, 0.29) is 6.47 Å². The summed E-state index contributed by atoms with van der Waals surface area (Å²) < 4.78 is 0. The summed E-state index contributed by atoms with van der Waals surface area (Å²) in [5.74, 6) is 5.41. The van der Waals surface area contributed by atoms with Crippen LogP contribution in [0.15, 0.2) is 0 Å². The van der Waals surface area contributed by atoms with Crippen molar-refractivity contribution in [3.8, 4) is 0 Å². The van der Waals surface area contributed by atoms with Crippen molar-refractivity contribution in [1.82, 2.24) is 0 Å². The van der Waals surface area contributed by atoms with Crippen molar-refractivity contribution < 1.29 is 9.90 Å². The molecule has 26 heavy (non-hydrogen) atoms. The number of fused-ring (bicyclic) bond motifs is 5. The van der Waals surface area contributed by atoms with E-state index < -0.39 is 0 Å². The second kappa shape index (κ2) is 8.23. The minimum absolute atomic E-state index is 0.250. The lowest BCUT2D eigenvalue weighted by Gasteiger charge is -2.60. The van der Waals surface area contributed by atoms with Gasteiger partial charge in [0, 0.05) is 0 Å². The van der Waals surface area contributed by atoms with Crippen LogP contribution in [0.4, 0.5) is 0 Å². The summed E-state index contributed by atoms with van der Waals surface area (Å²) >= 11 is 0. The van der Waals surface area contributed by atoms with Crippen molar-refractivity contribution in [2.24, 2.45) is 40.4 Å². The summed E-state index contributed by atoms with van der Waals surface area (Å²) in [6.45, 7) is 7.56. The maximum Gasteiger partial charge on any atom is 0.290 e. The molecule has 2 heteroatoms. The molecule has 4 fully saturated rings. The van der Waals surface area contributed by atoms with Crippen molar-refractivity contribution in [3.05, 3.63) is 0 Å². The first-order valence-electron chi connectivity index (χ1n) is 11.6. The van der Waals surface area contributed by atoms with Gasteiger partial charge in [-0.05, 0) is 98.2 Å². The first-order valence-corrected chi connectivity index (χ1v) is 11.6. The summed E-state index contributed by atoms with van der Waals surface area (Å²) in [5, 5.41) is 6.89. The zero-order chi connectivity index (χ0) is 18.8. The average molecular weight is 363 g/mol. The topological polar surface area (TPSA) is 37.3 Å². The van der Waals surface area contributed by atoms with Crippen molar-refractivity contribution in [3.63, 3.8) is 0 Å². The van der Waals surface area contributed by atoms with Gasteiger partial charge in [-0.25, -0.2) is 0 Å². The molecule has 0 bridgehead atoms. The minimum Gasteiger partial charge on any atom is -0.483 e. The first kappa shape index (κ1) is 20.2. The predicted octanol–water partition coefficient (Wildman–Crippen LogP) is 6.93. The van der Waals surface area contributed by atoms with Crippen molar-refractivity contribution in [2.45, 2.75) is 104 Å². The molecule has 0 aromatic carbocycles. The van der Waals surface area contributed by atoms with Gasteiger partial charge in [0.05, 0.1) is 0 Å². The third-order valence-corrected chi connectivity index (χ3v) is 9.69. The Hall–Kier alpha value is -0.530. The molecule has 4 aliphatic rings. The lowest BCUT2D eigenvalue weighted by atomic mass is 9.45. The van der Waals surface area contributed by atoms with Gasteiger partial charge < -0.3 is 5.11 Å². The van der Waals surface area contributed by atoms with Gasteiger partial charge in [-0.1, -0.05) is 46.5 Å². The van der Waals surface area contributed by atoms with E-state index in [2.05, 4.69) is 20.8 Å². The Balaban J connectivity index is 0.000000613. The molecule has 7 atom stereocenters. The lowest BCUT2D eigenvalue weighted by Crippen LogP contribution is -2.52. The maximum atomic E-state index is 8.36. The number of hydrogen-bond donors (Lipinski definition) is 1. The molecule has 2 nitrogen and oxygen atoms in total. The van der Waals surface area contributed by atoms with E-state index >= 15 is 0 Å². The zero-order valence-corrected chi connectivity index (χ0v) is 17.5. The molecule has 0 radical (unpaired) electrons. The van der Waals surface area contributed by atoms with Crippen LogP contribution in [0.5, 0.6) is 0 Å². The molecule has 4 rings (SSSR count). The van der Waals surface area contributed by atoms with E-state index in [1.807, 2.05) is 0 Å². The van der Waals surface area contributed by atoms with Gasteiger partial charge in [-0.3, -0.25) is 4.79 Å². The molecule has 0 aromatic rings. The molecular formula is C24H42O2. The summed E-state index contributed by atoms with van der Waals surface area (Å²) in [5.41, 5.74) is 1.44. The highest BCUT2D eigenvalue weighted by Gasteiger charge is 2.59. The fourth-order valence-electron chi connectivity index (χ4n) is 8.33. The third kappa shape index (κ3) is 3.35. The SMILES string of the molecule is CCCCC1CCC2C3CCC4CCCCC4(C)C3CCC12C.O=CO. The Morgan fingerprint density at radius 1 is 0.923 bits per heavy atom. The van der Waals surface area contributed by atoms with Gasteiger partial charge in [-0.2, -0.15) is 0 Å². The van der Waals surface area contributed by atoms with E-state index in [9.17, 15) is 0 Å². The van der Waals surface area contributed by atoms with Gasteiger partial charge in [0.1, 0.15) is 0 Å². The van der Waals surface area contributed by atoms with E-state index in [1.165, 1.54) is 32.1 Å². The number of rotatable bonds is 3. The Kier molecular flexibility index (Phi) is 6.40. The number of unbranched alkanes of at least 4 members (excludes halogenated alkanes) is 1. The summed E-state index contributed by atoms with van der Waals surface area (Å²) in [7, 11) is 0. The van der Waals surface area contributed by atoms with Crippen LogP contribution in [0.2, 0.25) is 0 Å². The highest BCUT2D eigenvalue weighted by molar-refractivity contribution is 5.32. The molecule has 0 saturated heterocycles. The van der Waals surface area contributed by atoms with Gasteiger partial charge >= 0.3 is 0 Å². The van der Waals surface area contributed by atoms with Crippen LogP contribution >= 0.6 is 0 Å². The van der Waals surface area contributed by atoms with Crippen LogP contribution in [0, 0.1) is 40.4 Å². The standard InChI is InChI=1S/C23H40.CH2O2/c1-4-5-8-17-11-13-20-19-12-10-18-9-6-7-15-22(18,2)21(19)14-16-23(17,20)3;2-1-3/h17-21H,4-16H2,1-3H3;1H,(H,2,3). The lowest BCUT2D eigenvalue weighted by molar-refractivity contribution is -0.122. The van der Waals surface area contributed by atoms with Gasteiger partial charge in [0.2, 0.25) is 0 Å². The highest BCUT2D eigenvalue weighted by atomic mass is 16.3. The molecule has 4 aliphatic carbocycles. The molecule has 4 saturated carbocycles. The Bertz CT molecular complexity index is 475. The Morgan fingerprint density at radius 2 is 1.65 bits per heavy atom. The molecule has 0 aromatic heterocycles. The third-order valence-electron chi connectivity index (χ3n) is 9.69. The first-order chi connectivity index (χ1) is 12.5. The number of hydrogen-bond acceptors (Lipinski definition) is 1. The fraction of sp³-hybridized carbons (Fsp3) is 0.958. The Morgan fingerprint density at radius 3 is 2.38 bits per heavy atom. The van der Waals surface area contributed by atoms with Crippen LogP contribution in [0.25, 0.3) is 0 Å². The Labute approximate surface area is 161 Å². The molecular weight excluding hydrogens is 320 g/mol. The van der Waals surface area contributed by atoms with Crippen LogP contribution in [0.3, 0.4) is 0 Å². The van der Waals surface area contributed by atoms with E-state index in [1.54, 1.807) is 51.4 Å². The predicted molar refractivity (Wildman–Crippen MR) is 108 cm³/mol. The van der Waals surface area contributed by atoms with E-state index in [4.69, 9.17) is 9.90 Å². The normalized spacial score (nSPS) is 47.0. The second-order valence-corrected chi connectivity index (χ2v) is 10.5. The monoisotopic (exact) mass is 362 g/mol. The van der Waals surface area contributed by atoms with E-state index in [0.29, 0.717) is 5.41 Å². The molecule has 7 unspecified atom stereocenters. The van der Waals surface area contributed by atoms with Crippen LogP contribution in [-0.4, -0.2) is 11.6 Å². The van der Waals surface area contributed by atoms with Crippen LogP contribution in [0.1, 0.15) is 104 Å². The number of carboxylic acid groups (broad SMARTS) is 1. The fourth-order valence-corrected chi connectivity index (χ4v) is 8.33. The average Bonchev–Trinajstić information content (AvgIpc) is 2.96. The van der Waals surface area contributed by atoms with Crippen molar-refractivity contribution >= 4 is 6.47 Å². The molecule has 150 valence electrons. The molecule has 0 amide bonds. The quantitative estimate of drug-likeness (QED) is 0.553. The minimum atomic E-state index is -0.250. The van der Waals surface area contributed by atoms with Crippen molar-refractivity contribution in [2.75, 3.05) is 0 Å².